The summed E-state index contributed by atoms with van der Waals surface area (Å²) in [5, 5.41) is 0. The molecule has 4 rings (SSSR count). The molecule has 2 aromatic carbocycles. The van der Waals surface area contributed by atoms with Gasteiger partial charge in [0.1, 0.15) is 0 Å². The summed E-state index contributed by atoms with van der Waals surface area (Å²) in [4.78, 5) is 0. The Morgan fingerprint density at radius 1 is 0.789 bits per heavy atom. The highest BCUT2D eigenvalue weighted by atomic mass is 19.3. The van der Waals surface area contributed by atoms with E-state index in [4.69, 9.17) is 6.58 Å². The first-order valence-corrected chi connectivity index (χ1v) is 6.31. The minimum absolute atomic E-state index is 0.606. The van der Waals surface area contributed by atoms with Gasteiger partial charge < -0.3 is 0 Å². The molecule has 19 heavy (non-hydrogen) atoms. The first kappa shape index (κ1) is 10.9. The maximum atomic E-state index is 14.1. The van der Waals surface area contributed by atoms with Crippen LogP contribution in [0.15, 0.2) is 48.5 Å². The van der Waals surface area contributed by atoms with Gasteiger partial charge in [-0.15, -0.1) is 0 Å². The van der Waals surface area contributed by atoms with Crippen molar-refractivity contribution in [3.8, 4) is 0 Å². The van der Waals surface area contributed by atoms with Crippen molar-refractivity contribution in [2.45, 2.75) is 17.8 Å². The zero-order chi connectivity index (χ0) is 13.2. The summed E-state index contributed by atoms with van der Waals surface area (Å²) < 4.78 is 28.2. The van der Waals surface area contributed by atoms with Crippen LogP contribution in [-0.4, -0.2) is 5.92 Å². The summed E-state index contributed by atoms with van der Waals surface area (Å²) in [6.45, 7) is 6.20. The van der Waals surface area contributed by atoms with Crippen molar-refractivity contribution in [1.82, 2.24) is 0 Å². The molecule has 1 fully saturated rings. The zero-order valence-corrected chi connectivity index (χ0v) is 10.1. The molecular weight excluding hydrogens is 242 g/mol. The molecular formula is C17H11F2. The van der Waals surface area contributed by atoms with E-state index in [9.17, 15) is 8.78 Å². The number of alkyl halides is 2. The first-order valence-electron chi connectivity index (χ1n) is 6.31. The molecule has 1 saturated carbocycles. The molecule has 0 aromatic heterocycles. The second-order valence-electron chi connectivity index (χ2n) is 5.22. The fraction of sp³-hybridized carbons (Fsp3) is 0.176. The monoisotopic (exact) mass is 253 g/mol. The molecule has 2 aromatic rings. The second-order valence-corrected chi connectivity index (χ2v) is 5.22. The minimum Gasteiger partial charge on any atom is -0.205 e. The minimum atomic E-state index is -2.66. The van der Waals surface area contributed by atoms with Crippen molar-refractivity contribution < 1.29 is 8.78 Å². The number of fused-ring (bicyclic) bond motifs is 5. The van der Waals surface area contributed by atoms with E-state index in [2.05, 4.69) is 0 Å². The lowest BCUT2D eigenvalue weighted by Crippen LogP contribution is -2.01. The van der Waals surface area contributed by atoms with E-state index in [0.29, 0.717) is 16.7 Å². The maximum absolute atomic E-state index is 14.1. The van der Waals surface area contributed by atoms with E-state index in [1.165, 1.54) is 0 Å². The van der Waals surface area contributed by atoms with Crippen molar-refractivity contribution in [2.24, 2.45) is 0 Å². The molecule has 2 unspecified atom stereocenters. The van der Waals surface area contributed by atoms with E-state index in [0.717, 1.165) is 11.1 Å². The fourth-order valence-corrected chi connectivity index (χ4v) is 3.27. The molecule has 2 atom stereocenters. The quantitative estimate of drug-likeness (QED) is 0.653. The molecule has 0 aliphatic heterocycles. The average molecular weight is 253 g/mol. The van der Waals surface area contributed by atoms with Crippen molar-refractivity contribution >= 4 is 5.57 Å². The summed E-state index contributed by atoms with van der Waals surface area (Å²) in [6, 6.07) is 14.5. The molecule has 2 aliphatic carbocycles. The third-order valence-corrected chi connectivity index (χ3v) is 4.23. The van der Waals surface area contributed by atoms with Crippen molar-refractivity contribution in [3.05, 3.63) is 77.4 Å². The lowest BCUT2D eigenvalue weighted by molar-refractivity contribution is 0.105. The summed E-state index contributed by atoms with van der Waals surface area (Å²) in [6.07, 6.45) is 0. The van der Waals surface area contributed by atoms with Gasteiger partial charge in [0.05, 0.1) is 11.8 Å². The van der Waals surface area contributed by atoms with Crippen LogP contribution in [-0.2, 0) is 0 Å². The van der Waals surface area contributed by atoms with Crippen LogP contribution in [0.2, 0.25) is 0 Å². The predicted molar refractivity (Wildman–Crippen MR) is 70.1 cm³/mol. The van der Waals surface area contributed by atoms with Crippen LogP contribution in [0, 0.1) is 6.58 Å². The molecule has 0 N–H and O–H groups in total. The lowest BCUT2D eigenvalue weighted by Gasteiger charge is -2.13. The Morgan fingerprint density at radius 2 is 1.21 bits per heavy atom. The molecule has 0 heterocycles. The van der Waals surface area contributed by atoms with Gasteiger partial charge >= 0.3 is 0 Å². The van der Waals surface area contributed by atoms with Gasteiger partial charge in [-0.1, -0.05) is 55.1 Å². The van der Waals surface area contributed by atoms with Gasteiger partial charge in [-0.05, 0) is 27.8 Å². The van der Waals surface area contributed by atoms with Gasteiger partial charge in [0.2, 0.25) is 0 Å². The predicted octanol–water partition coefficient (Wildman–Crippen LogP) is 4.38. The van der Waals surface area contributed by atoms with Crippen LogP contribution in [0.5, 0.6) is 0 Å². The van der Waals surface area contributed by atoms with Crippen LogP contribution < -0.4 is 0 Å². The van der Waals surface area contributed by atoms with Crippen LogP contribution in [0.1, 0.15) is 34.1 Å². The van der Waals surface area contributed by atoms with Gasteiger partial charge in [0.25, 0.3) is 5.92 Å². The standard InChI is InChI=1S/C17H11F2/c1-10-11-6-2-4-8-13(11)15-16(17(15,18)19)14-9-5-3-7-12(10)14/h1-9,15-16H. The van der Waals surface area contributed by atoms with E-state index >= 15 is 0 Å². The topological polar surface area (TPSA) is 0 Å². The molecule has 2 aliphatic rings. The van der Waals surface area contributed by atoms with Gasteiger partial charge in [-0.3, -0.25) is 0 Å². The highest BCUT2D eigenvalue weighted by molar-refractivity contribution is 5.84. The summed E-state index contributed by atoms with van der Waals surface area (Å²) in [5.74, 6) is -4.12. The Bertz CT molecular complexity index is 642. The number of rotatable bonds is 0. The maximum Gasteiger partial charge on any atom is 0.263 e. The van der Waals surface area contributed by atoms with E-state index < -0.39 is 17.8 Å². The fourth-order valence-electron chi connectivity index (χ4n) is 3.27. The summed E-state index contributed by atoms with van der Waals surface area (Å²) >= 11 is 0. The Hall–Kier alpha value is -1.96. The van der Waals surface area contributed by atoms with Crippen LogP contribution >= 0.6 is 0 Å². The number of halogens is 2. The first-order chi connectivity index (χ1) is 9.12. The summed E-state index contributed by atoms with van der Waals surface area (Å²) in [7, 11) is 0. The van der Waals surface area contributed by atoms with E-state index in [-0.39, 0.29) is 0 Å². The van der Waals surface area contributed by atoms with Gasteiger partial charge in [0, 0.05) is 0 Å². The highest BCUT2D eigenvalue weighted by Gasteiger charge is 2.70. The van der Waals surface area contributed by atoms with Gasteiger partial charge in [-0.2, -0.15) is 0 Å². The van der Waals surface area contributed by atoms with Gasteiger partial charge in [-0.25, -0.2) is 8.78 Å². The molecule has 0 amide bonds. The Kier molecular flexibility index (Phi) is 1.91. The van der Waals surface area contributed by atoms with Crippen molar-refractivity contribution in [1.29, 1.82) is 0 Å². The Morgan fingerprint density at radius 3 is 1.68 bits per heavy atom. The molecule has 0 spiro atoms. The lowest BCUT2D eigenvalue weighted by atomic mass is 9.93. The average Bonchev–Trinajstić information content (AvgIpc) is 3.02. The smallest absolute Gasteiger partial charge is 0.205 e. The van der Waals surface area contributed by atoms with Gasteiger partial charge in [0.15, 0.2) is 0 Å². The van der Waals surface area contributed by atoms with Crippen LogP contribution in [0.3, 0.4) is 0 Å². The molecule has 0 nitrogen and oxygen atoms in total. The number of benzene rings is 2. The molecule has 1 radical (unpaired) electrons. The third-order valence-electron chi connectivity index (χ3n) is 4.23. The second kappa shape index (κ2) is 3.32. The van der Waals surface area contributed by atoms with Crippen LogP contribution in [0.25, 0.3) is 5.57 Å². The normalized spacial score (nSPS) is 25.9. The largest absolute Gasteiger partial charge is 0.263 e. The van der Waals surface area contributed by atoms with Crippen molar-refractivity contribution in [2.75, 3.05) is 0 Å². The zero-order valence-electron chi connectivity index (χ0n) is 10.1. The molecule has 2 heteroatoms. The Labute approximate surface area is 110 Å². The Balaban J connectivity index is 2.05. The number of hydrogen-bond acceptors (Lipinski definition) is 0. The van der Waals surface area contributed by atoms with Crippen molar-refractivity contribution in [3.63, 3.8) is 0 Å². The molecule has 0 saturated heterocycles. The number of hydrogen-bond donors (Lipinski definition) is 0. The highest BCUT2D eigenvalue weighted by Crippen LogP contribution is 2.69. The van der Waals surface area contributed by atoms with Crippen LogP contribution in [0.4, 0.5) is 8.78 Å². The SMILES string of the molecule is [CH]=C1c2ccccc2C2C(c3ccccc31)C2(F)F. The van der Waals surface area contributed by atoms with E-state index in [1.807, 2.05) is 24.3 Å². The van der Waals surface area contributed by atoms with E-state index in [1.54, 1.807) is 24.3 Å². The molecule has 0 bridgehead atoms. The summed E-state index contributed by atoms with van der Waals surface area (Å²) in [5.41, 5.74) is 3.45. The molecule has 93 valence electrons. The third kappa shape index (κ3) is 1.26.